The third kappa shape index (κ3) is 2.86. The van der Waals surface area contributed by atoms with Crippen molar-refractivity contribution in [1.29, 1.82) is 0 Å². The Morgan fingerprint density at radius 2 is 2.00 bits per heavy atom. The van der Waals surface area contributed by atoms with E-state index in [-0.39, 0.29) is 18.0 Å². The SMILES string of the molecule is CCOC(=O)c1cc(C(=O)C(F)(F)F)c(C)[nH]1. The van der Waals surface area contributed by atoms with E-state index >= 15 is 0 Å². The molecule has 17 heavy (non-hydrogen) atoms. The van der Waals surface area contributed by atoms with Crippen LogP contribution in [0.1, 0.15) is 33.5 Å². The van der Waals surface area contributed by atoms with Gasteiger partial charge >= 0.3 is 12.1 Å². The fraction of sp³-hybridized carbons (Fsp3) is 0.400. The van der Waals surface area contributed by atoms with Gasteiger partial charge < -0.3 is 9.72 Å². The molecule has 0 spiro atoms. The number of ether oxygens (including phenoxy) is 1. The minimum Gasteiger partial charge on any atom is -0.461 e. The quantitative estimate of drug-likeness (QED) is 0.660. The summed E-state index contributed by atoms with van der Waals surface area (Å²) in [7, 11) is 0. The number of carbonyl (C=O) groups is 2. The molecule has 0 aliphatic rings. The Labute approximate surface area is 94.8 Å². The number of nitrogens with one attached hydrogen (secondary N) is 1. The Morgan fingerprint density at radius 1 is 1.41 bits per heavy atom. The lowest BCUT2D eigenvalue weighted by atomic mass is 10.1. The van der Waals surface area contributed by atoms with Crippen LogP contribution in [0.4, 0.5) is 13.2 Å². The lowest BCUT2D eigenvalue weighted by Crippen LogP contribution is -2.22. The van der Waals surface area contributed by atoms with Gasteiger partial charge in [0.2, 0.25) is 0 Å². The molecular formula is C10H10F3NO3. The topological polar surface area (TPSA) is 59.2 Å². The number of aryl methyl sites for hydroxylation is 1. The Hall–Kier alpha value is -1.79. The first kappa shape index (κ1) is 13.3. The second kappa shape index (κ2) is 4.60. The van der Waals surface area contributed by atoms with Crippen LogP contribution >= 0.6 is 0 Å². The van der Waals surface area contributed by atoms with Gasteiger partial charge in [0.15, 0.2) is 0 Å². The van der Waals surface area contributed by atoms with Crippen molar-refractivity contribution in [3.8, 4) is 0 Å². The van der Waals surface area contributed by atoms with E-state index in [9.17, 15) is 22.8 Å². The Balaban J connectivity index is 3.05. The van der Waals surface area contributed by atoms with Crippen molar-refractivity contribution in [1.82, 2.24) is 4.98 Å². The molecule has 0 amide bonds. The third-order valence-corrected chi connectivity index (χ3v) is 2.01. The van der Waals surface area contributed by atoms with Crippen molar-refractivity contribution in [3.05, 3.63) is 23.0 Å². The summed E-state index contributed by atoms with van der Waals surface area (Å²) in [5.41, 5.74) is -0.757. The first-order chi connectivity index (χ1) is 7.77. The number of rotatable bonds is 3. The average molecular weight is 249 g/mol. The standard InChI is InChI=1S/C10H10F3NO3/c1-3-17-9(16)7-4-6(5(2)14-7)8(15)10(11,12)13/h4,14H,3H2,1-2H3. The number of aromatic nitrogens is 1. The van der Waals surface area contributed by atoms with Gasteiger partial charge in [0, 0.05) is 11.3 Å². The maximum atomic E-state index is 12.2. The number of ketones is 1. The second-order valence-electron chi connectivity index (χ2n) is 3.27. The number of alkyl halides is 3. The van der Waals surface area contributed by atoms with Gasteiger partial charge in [0.1, 0.15) is 5.69 Å². The van der Waals surface area contributed by atoms with Crippen LogP contribution in [-0.2, 0) is 4.74 Å². The summed E-state index contributed by atoms with van der Waals surface area (Å²) < 4.78 is 41.2. The molecule has 1 rings (SSSR count). The van der Waals surface area contributed by atoms with Crippen molar-refractivity contribution in [2.45, 2.75) is 20.0 Å². The molecule has 0 aromatic carbocycles. The van der Waals surface area contributed by atoms with Crippen molar-refractivity contribution in [3.63, 3.8) is 0 Å². The number of carbonyl (C=O) groups excluding carboxylic acids is 2. The second-order valence-corrected chi connectivity index (χ2v) is 3.27. The molecule has 1 N–H and O–H groups in total. The maximum Gasteiger partial charge on any atom is 0.454 e. The minimum atomic E-state index is -4.96. The molecule has 4 nitrogen and oxygen atoms in total. The highest BCUT2D eigenvalue weighted by Crippen LogP contribution is 2.24. The van der Waals surface area contributed by atoms with Gasteiger partial charge in [-0.15, -0.1) is 0 Å². The van der Waals surface area contributed by atoms with Crippen LogP contribution in [0.2, 0.25) is 0 Å². The minimum absolute atomic E-state index is 0.0182. The molecule has 0 bridgehead atoms. The molecule has 0 saturated heterocycles. The third-order valence-electron chi connectivity index (χ3n) is 2.01. The van der Waals surface area contributed by atoms with E-state index in [1.807, 2.05) is 0 Å². The summed E-state index contributed by atoms with van der Waals surface area (Å²) in [4.78, 5) is 24.6. The van der Waals surface area contributed by atoms with E-state index in [4.69, 9.17) is 0 Å². The summed E-state index contributed by atoms with van der Waals surface area (Å²) in [5.74, 6) is -2.78. The number of Topliss-reactive ketones (excluding diaryl/α,β-unsaturated/α-hetero) is 1. The zero-order valence-electron chi connectivity index (χ0n) is 9.14. The van der Waals surface area contributed by atoms with Gasteiger partial charge in [-0.25, -0.2) is 4.79 Å². The van der Waals surface area contributed by atoms with Crippen LogP contribution < -0.4 is 0 Å². The Morgan fingerprint density at radius 3 is 2.47 bits per heavy atom. The zero-order chi connectivity index (χ0) is 13.2. The zero-order valence-corrected chi connectivity index (χ0v) is 9.14. The first-order valence-corrected chi connectivity index (χ1v) is 4.75. The van der Waals surface area contributed by atoms with E-state index in [1.54, 1.807) is 6.92 Å². The molecule has 0 fully saturated rings. The molecule has 94 valence electrons. The highest BCUT2D eigenvalue weighted by atomic mass is 19.4. The van der Waals surface area contributed by atoms with Crippen LogP contribution in [0.5, 0.6) is 0 Å². The van der Waals surface area contributed by atoms with Gasteiger partial charge in [-0.3, -0.25) is 4.79 Å². The maximum absolute atomic E-state index is 12.2. The monoisotopic (exact) mass is 249 g/mol. The molecule has 7 heteroatoms. The smallest absolute Gasteiger partial charge is 0.454 e. The fourth-order valence-corrected chi connectivity index (χ4v) is 1.27. The van der Waals surface area contributed by atoms with E-state index in [0.29, 0.717) is 0 Å². The molecule has 1 heterocycles. The summed E-state index contributed by atoms with van der Waals surface area (Å²) in [5, 5.41) is 0. The van der Waals surface area contributed by atoms with Crippen molar-refractivity contribution in [2.75, 3.05) is 6.61 Å². The largest absolute Gasteiger partial charge is 0.461 e. The lowest BCUT2D eigenvalue weighted by Gasteiger charge is -2.03. The van der Waals surface area contributed by atoms with E-state index in [2.05, 4.69) is 9.72 Å². The highest BCUT2D eigenvalue weighted by Gasteiger charge is 2.40. The van der Waals surface area contributed by atoms with E-state index < -0.39 is 23.5 Å². The lowest BCUT2D eigenvalue weighted by molar-refractivity contribution is -0.0885. The van der Waals surface area contributed by atoms with Gasteiger partial charge in [-0.1, -0.05) is 0 Å². The Bertz CT molecular complexity index is 448. The van der Waals surface area contributed by atoms with Gasteiger partial charge in [-0.2, -0.15) is 13.2 Å². The van der Waals surface area contributed by atoms with Crippen LogP contribution in [0.15, 0.2) is 6.07 Å². The molecule has 1 aromatic heterocycles. The van der Waals surface area contributed by atoms with Gasteiger partial charge in [0.05, 0.1) is 6.61 Å². The van der Waals surface area contributed by atoms with Crippen molar-refractivity contribution < 1.29 is 27.5 Å². The number of halogens is 3. The van der Waals surface area contributed by atoms with Gasteiger partial charge in [-0.05, 0) is 19.9 Å². The summed E-state index contributed by atoms with van der Waals surface area (Å²) in [6.07, 6.45) is -4.96. The van der Waals surface area contributed by atoms with Crippen molar-refractivity contribution in [2.24, 2.45) is 0 Å². The predicted octanol–water partition coefficient (Wildman–Crippen LogP) is 2.24. The Kier molecular flexibility index (Phi) is 3.59. The molecule has 0 unspecified atom stereocenters. The average Bonchev–Trinajstić information content (AvgIpc) is 2.58. The summed E-state index contributed by atoms with van der Waals surface area (Å²) in [6.45, 7) is 2.94. The molecule has 0 aliphatic carbocycles. The van der Waals surface area contributed by atoms with Crippen LogP contribution in [0.3, 0.4) is 0 Å². The normalized spacial score (nSPS) is 11.4. The molecule has 0 saturated carbocycles. The molecular weight excluding hydrogens is 239 g/mol. The van der Waals surface area contributed by atoms with Crippen molar-refractivity contribution >= 4 is 11.8 Å². The molecule has 0 aliphatic heterocycles. The number of hydrogen-bond acceptors (Lipinski definition) is 3. The number of hydrogen-bond donors (Lipinski definition) is 1. The van der Waals surface area contributed by atoms with Gasteiger partial charge in [0.25, 0.3) is 5.78 Å². The van der Waals surface area contributed by atoms with Crippen LogP contribution in [-0.4, -0.2) is 29.5 Å². The fourth-order valence-electron chi connectivity index (χ4n) is 1.27. The predicted molar refractivity (Wildman–Crippen MR) is 51.9 cm³/mol. The highest BCUT2D eigenvalue weighted by molar-refractivity contribution is 6.03. The van der Waals surface area contributed by atoms with E-state index in [1.165, 1.54) is 6.92 Å². The molecule has 1 aromatic rings. The first-order valence-electron chi connectivity index (χ1n) is 4.75. The summed E-state index contributed by atoms with van der Waals surface area (Å²) in [6, 6.07) is 0.850. The number of H-pyrrole nitrogens is 1. The number of esters is 1. The van der Waals surface area contributed by atoms with Crippen LogP contribution in [0.25, 0.3) is 0 Å². The molecule has 0 radical (unpaired) electrons. The van der Waals surface area contributed by atoms with E-state index in [0.717, 1.165) is 6.07 Å². The van der Waals surface area contributed by atoms with Crippen LogP contribution in [0, 0.1) is 6.92 Å². The number of aromatic amines is 1. The molecule has 0 atom stereocenters. The summed E-state index contributed by atoms with van der Waals surface area (Å²) >= 11 is 0.